The third kappa shape index (κ3) is 3.95. The molecule has 0 aliphatic heterocycles. The number of phenolic OH excluding ortho intramolecular Hbond substituents is 1. The maximum absolute atomic E-state index is 9.75. The summed E-state index contributed by atoms with van der Waals surface area (Å²) in [5.74, 6) is 2.14. The Labute approximate surface area is 130 Å². The van der Waals surface area contributed by atoms with Gasteiger partial charge in [-0.15, -0.1) is 0 Å². The Kier molecular flexibility index (Phi) is 5.31. The van der Waals surface area contributed by atoms with Gasteiger partial charge in [-0.2, -0.15) is 0 Å². The van der Waals surface area contributed by atoms with E-state index in [0.29, 0.717) is 5.75 Å². The molecule has 22 heavy (non-hydrogen) atoms. The normalized spacial score (nSPS) is 10.7. The quantitative estimate of drug-likeness (QED) is 0.884. The van der Waals surface area contributed by atoms with Gasteiger partial charge in [0.2, 0.25) is 0 Å². The second-order valence-corrected chi connectivity index (χ2v) is 4.76. The molecule has 2 rings (SSSR count). The van der Waals surface area contributed by atoms with Gasteiger partial charge in [0.1, 0.15) is 11.5 Å². The number of aromatic hydroxyl groups is 1. The zero-order valence-corrected chi connectivity index (χ0v) is 13.0. The maximum Gasteiger partial charge on any atom is 0.160 e. The van der Waals surface area contributed by atoms with Crippen LogP contribution < -0.4 is 14.2 Å². The molecule has 4 heteroatoms. The molecular formula is C18H20O4. The van der Waals surface area contributed by atoms with Gasteiger partial charge in [0.15, 0.2) is 11.5 Å². The van der Waals surface area contributed by atoms with Crippen molar-refractivity contribution in [3.8, 4) is 23.0 Å². The van der Waals surface area contributed by atoms with E-state index in [1.54, 1.807) is 26.4 Å². The molecule has 0 aliphatic rings. The first-order chi connectivity index (χ1) is 10.7. The number of hydrogen-bond donors (Lipinski definition) is 1. The zero-order valence-electron chi connectivity index (χ0n) is 13.0. The van der Waals surface area contributed by atoms with Crippen molar-refractivity contribution >= 4 is 6.08 Å². The van der Waals surface area contributed by atoms with E-state index in [1.165, 1.54) is 7.11 Å². The summed E-state index contributed by atoms with van der Waals surface area (Å²) < 4.78 is 15.5. The summed E-state index contributed by atoms with van der Waals surface area (Å²) in [6.45, 7) is 0. The van der Waals surface area contributed by atoms with Gasteiger partial charge in [-0.1, -0.05) is 18.2 Å². The lowest BCUT2D eigenvalue weighted by Crippen LogP contribution is -1.90. The SMILES string of the molecule is COc1cc(CC=Cc2ccc(OC)c(O)c2)cc(OC)c1. The molecule has 4 nitrogen and oxygen atoms in total. The van der Waals surface area contributed by atoms with Crippen molar-refractivity contribution in [1.82, 2.24) is 0 Å². The van der Waals surface area contributed by atoms with E-state index in [0.717, 1.165) is 29.0 Å². The fourth-order valence-corrected chi connectivity index (χ4v) is 2.13. The number of methoxy groups -OCH3 is 3. The number of rotatable bonds is 6. The van der Waals surface area contributed by atoms with Gasteiger partial charge in [0.05, 0.1) is 21.3 Å². The molecule has 0 amide bonds. The molecule has 0 spiro atoms. The Morgan fingerprint density at radius 2 is 1.59 bits per heavy atom. The number of ether oxygens (including phenoxy) is 3. The van der Waals surface area contributed by atoms with Gasteiger partial charge in [-0.25, -0.2) is 0 Å². The monoisotopic (exact) mass is 300 g/mol. The highest BCUT2D eigenvalue weighted by Crippen LogP contribution is 2.27. The highest BCUT2D eigenvalue weighted by molar-refractivity contribution is 5.56. The van der Waals surface area contributed by atoms with E-state index < -0.39 is 0 Å². The van der Waals surface area contributed by atoms with Crippen LogP contribution in [0.15, 0.2) is 42.5 Å². The van der Waals surface area contributed by atoms with Gasteiger partial charge in [0.25, 0.3) is 0 Å². The van der Waals surface area contributed by atoms with Crippen LogP contribution in [-0.4, -0.2) is 26.4 Å². The largest absolute Gasteiger partial charge is 0.504 e. The smallest absolute Gasteiger partial charge is 0.160 e. The van der Waals surface area contributed by atoms with E-state index in [-0.39, 0.29) is 5.75 Å². The summed E-state index contributed by atoms with van der Waals surface area (Å²) in [5.41, 5.74) is 2.00. The highest BCUT2D eigenvalue weighted by Gasteiger charge is 2.02. The van der Waals surface area contributed by atoms with Crippen molar-refractivity contribution in [2.24, 2.45) is 0 Å². The molecule has 1 N–H and O–H groups in total. The van der Waals surface area contributed by atoms with Crippen LogP contribution in [0.25, 0.3) is 6.08 Å². The first-order valence-corrected chi connectivity index (χ1v) is 6.91. The molecule has 0 atom stereocenters. The first-order valence-electron chi connectivity index (χ1n) is 6.91. The Balaban J connectivity index is 2.10. The number of phenols is 1. The summed E-state index contributed by atoms with van der Waals surface area (Å²) in [4.78, 5) is 0. The minimum absolute atomic E-state index is 0.132. The second kappa shape index (κ2) is 7.41. The molecular weight excluding hydrogens is 280 g/mol. The average molecular weight is 300 g/mol. The summed E-state index contributed by atoms with van der Waals surface area (Å²) in [5, 5.41) is 9.75. The third-order valence-corrected chi connectivity index (χ3v) is 3.28. The Hall–Kier alpha value is -2.62. The number of allylic oxidation sites excluding steroid dienone is 1. The van der Waals surface area contributed by atoms with Crippen LogP contribution in [0.2, 0.25) is 0 Å². The van der Waals surface area contributed by atoms with Gasteiger partial charge in [-0.05, 0) is 41.8 Å². The van der Waals surface area contributed by atoms with Gasteiger partial charge >= 0.3 is 0 Å². The third-order valence-electron chi connectivity index (χ3n) is 3.28. The van der Waals surface area contributed by atoms with Gasteiger partial charge in [-0.3, -0.25) is 0 Å². The molecule has 0 saturated carbocycles. The van der Waals surface area contributed by atoms with Crippen LogP contribution in [-0.2, 0) is 6.42 Å². The molecule has 0 bridgehead atoms. The van der Waals surface area contributed by atoms with Crippen LogP contribution in [0.5, 0.6) is 23.0 Å². The summed E-state index contributed by atoms with van der Waals surface area (Å²) >= 11 is 0. The number of hydrogen-bond acceptors (Lipinski definition) is 4. The molecule has 0 aliphatic carbocycles. The second-order valence-electron chi connectivity index (χ2n) is 4.76. The van der Waals surface area contributed by atoms with Gasteiger partial charge in [0, 0.05) is 6.07 Å². The van der Waals surface area contributed by atoms with Crippen molar-refractivity contribution in [2.45, 2.75) is 6.42 Å². The predicted molar refractivity (Wildman–Crippen MR) is 86.9 cm³/mol. The summed E-state index contributed by atoms with van der Waals surface area (Å²) in [7, 11) is 4.80. The molecule has 2 aromatic rings. The molecule has 0 fully saturated rings. The van der Waals surface area contributed by atoms with Crippen LogP contribution in [0.4, 0.5) is 0 Å². The van der Waals surface area contributed by atoms with Crippen LogP contribution in [0.3, 0.4) is 0 Å². The lowest BCUT2D eigenvalue weighted by molar-refractivity contribution is 0.373. The predicted octanol–water partition coefficient (Wildman–Crippen LogP) is 3.67. The van der Waals surface area contributed by atoms with Crippen LogP contribution in [0, 0.1) is 0 Å². The first kappa shape index (κ1) is 15.8. The zero-order chi connectivity index (χ0) is 15.9. The van der Waals surface area contributed by atoms with E-state index in [1.807, 2.05) is 36.4 Å². The lowest BCUT2D eigenvalue weighted by Gasteiger charge is -2.07. The molecule has 116 valence electrons. The van der Waals surface area contributed by atoms with Crippen molar-refractivity contribution < 1.29 is 19.3 Å². The van der Waals surface area contributed by atoms with E-state index in [4.69, 9.17) is 14.2 Å². The van der Waals surface area contributed by atoms with Gasteiger partial charge < -0.3 is 19.3 Å². The van der Waals surface area contributed by atoms with Crippen LogP contribution in [0.1, 0.15) is 11.1 Å². The Bertz CT molecular complexity index is 640. The molecule has 0 saturated heterocycles. The molecule has 0 heterocycles. The molecule has 0 unspecified atom stereocenters. The minimum atomic E-state index is 0.132. The summed E-state index contributed by atoms with van der Waals surface area (Å²) in [6, 6.07) is 11.1. The topological polar surface area (TPSA) is 47.9 Å². The van der Waals surface area contributed by atoms with Crippen molar-refractivity contribution in [3.63, 3.8) is 0 Å². The summed E-state index contributed by atoms with van der Waals surface area (Å²) in [6.07, 6.45) is 4.71. The fraction of sp³-hybridized carbons (Fsp3) is 0.222. The van der Waals surface area contributed by atoms with E-state index in [9.17, 15) is 5.11 Å². The Morgan fingerprint density at radius 1 is 0.909 bits per heavy atom. The fourth-order valence-electron chi connectivity index (χ4n) is 2.13. The molecule has 0 radical (unpaired) electrons. The molecule has 0 aromatic heterocycles. The van der Waals surface area contributed by atoms with Crippen LogP contribution >= 0.6 is 0 Å². The van der Waals surface area contributed by atoms with E-state index >= 15 is 0 Å². The van der Waals surface area contributed by atoms with E-state index in [2.05, 4.69) is 0 Å². The van der Waals surface area contributed by atoms with Crippen molar-refractivity contribution in [1.29, 1.82) is 0 Å². The van der Waals surface area contributed by atoms with Crippen molar-refractivity contribution in [3.05, 3.63) is 53.6 Å². The highest BCUT2D eigenvalue weighted by atomic mass is 16.5. The van der Waals surface area contributed by atoms with Crippen molar-refractivity contribution in [2.75, 3.05) is 21.3 Å². The molecule has 2 aromatic carbocycles. The maximum atomic E-state index is 9.75. The number of benzene rings is 2. The minimum Gasteiger partial charge on any atom is -0.504 e. The Morgan fingerprint density at radius 3 is 2.14 bits per heavy atom. The average Bonchev–Trinajstić information content (AvgIpc) is 2.54. The standard InChI is InChI=1S/C18H20O4/c1-20-15-9-14(10-16(12-15)21-2)6-4-5-13-7-8-18(22-3)17(19)11-13/h4-5,7-12,19H,6H2,1-3H3. The lowest BCUT2D eigenvalue weighted by atomic mass is 10.1.